The van der Waals surface area contributed by atoms with Crippen molar-refractivity contribution in [2.75, 3.05) is 19.5 Å². The van der Waals surface area contributed by atoms with E-state index in [4.69, 9.17) is 20.1 Å². The van der Waals surface area contributed by atoms with Gasteiger partial charge < -0.3 is 19.5 Å². The fraction of sp³-hybridized carbons (Fsp3) is 0.182. The highest BCUT2D eigenvalue weighted by molar-refractivity contribution is 5.89. The number of benzene rings is 2. The molecule has 2 amide bonds. The quantitative estimate of drug-likeness (QED) is 0.301. The number of nitrogens with one attached hydrogen (secondary N) is 2. The third-order valence-electron chi connectivity index (χ3n) is 4.64. The molecule has 0 saturated heterocycles. The second kappa shape index (κ2) is 9.77. The summed E-state index contributed by atoms with van der Waals surface area (Å²) >= 11 is 0. The maximum atomic E-state index is 14.6. The topological polar surface area (TPSA) is 108 Å². The van der Waals surface area contributed by atoms with E-state index >= 15 is 0 Å². The van der Waals surface area contributed by atoms with Crippen LogP contribution >= 0.6 is 0 Å². The molecule has 0 radical (unpaired) electrons. The Morgan fingerprint density at radius 2 is 1.90 bits per heavy atom. The molecule has 0 aliphatic heterocycles. The highest BCUT2D eigenvalue weighted by Gasteiger charge is 2.15. The normalized spacial score (nSPS) is 10.4. The molecular formula is C22H23FN4O4. The Labute approximate surface area is 179 Å². The molecule has 3 aromatic rings. The van der Waals surface area contributed by atoms with Crippen LogP contribution < -0.4 is 30.8 Å². The van der Waals surface area contributed by atoms with E-state index in [0.717, 1.165) is 11.1 Å². The van der Waals surface area contributed by atoms with Gasteiger partial charge in [-0.05, 0) is 42.8 Å². The lowest BCUT2D eigenvalue weighted by Gasteiger charge is -2.15. The van der Waals surface area contributed by atoms with Crippen LogP contribution in [0.3, 0.4) is 0 Å². The number of amides is 2. The van der Waals surface area contributed by atoms with Crippen molar-refractivity contribution in [3.8, 4) is 28.6 Å². The Morgan fingerprint density at radius 1 is 1.10 bits per heavy atom. The summed E-state index contributed by atoms with van der Waals surface area (Å²) in [6, 6.07) is 12.6. The maximum absolute atomic E-state index is 14.6. The van der Waals surface area contributed by atoms with Crippen LogP contribution in [0.25, 0.3) is 11.1 Å². The molecule has 31 heavy (non-hydrogen) atoms. The largest absolute Gasteiger partial charge is 0.489 e. The minimum absolute atomic E-state index is 0.149. The molecule has 0 bridgehead atoms. The van der Waals surface area contributed by atoms with Crippen LogP contribution in [0.4, 0.5) is 14.9 Å². The Bertz CT molecular complexity index is 1090. The molecule has 3 rings (SSSR count). The molecule has 0 spiro atoms. The van der Waals surface area contributed by atoms with Crippen molar-refractivity contribution in [3.63, 3.8) is 0 Å². The van der Waals surface area contributed by atoms with Gasteiger partial charge in [-0.3, -0.25) is 5.43 Å². The summed E-state index contributed by atoms with van der Waals surface area (Å²) < 4.78 is 30.9. The van der Waals surface area contributed by atoms with Crippen LogP contribution in [0.5, 0.6) is 17.5 Å². The molecule has 4 N–H and O–H groups in total. The van der Waals surface area contributed by atoms with Crippen molar-refractivity contribution in [1.29, 1.82) is 0 Å². The molecule has 0 aliphatic rings. The predicted molar refractivity (Wildman–Crippen MR) is 115 cm³/mol. The Hall–Kier alpha value is -3.85. The average molecular weight is 426 g/mol. The molecule has 9 heteroatoms. The number of ether oxygens (including phenoxy) is 3. The van der Waals surface area contributed by atoms with Crippen LogP contribution in [0.2, 0.25) is 0 Å². The molecule has 0 atom stereocenters. The monoisotopic (exact) mass is 426 g/mol. The van der Waals surface area contributed by atoms with E-state index in [1.165, 1.54) is 26.4 Å². The van der Waals surface area contributed by atoms with Crippen LogP contribution in [0.1, 0.15) is 11.1 Å². The van der Waals surface area contributed by atoms with Gasteiger partial charge in [0.1, 0.15) is 18.2 Å². The number of aromatic nitrogens is 1. The first kappa shape index (κ1) is 21.8. The number of rotatable bonds is 7. The smallest absolute Gasteiger partial charge is 0.333 e. The van der Waals surface area contributed by atoms with Gasteiger partial charge in [-0.2, -0.15) is 4.98 Å². The number of anilines is 1. The average Bonchev–Trinajstić information content (AvgIpc) is 2.79. The predicted octanol–water partition coefficient (Wildman–Crippen LogP) is 3.79. The highest BCUT2D eigenvalue weighted by Crippen LogP contribution is 2.34. The number of carbonyl (C=O) groups is 1. The first-order chi connectivity index (χ1) is 15.0. The fourth-order valence-electron chi connectivity index (χ4n) is 3.02. The number of nitrogens with zero attached hydrogens (tertiary/aromatic N) is 1. The Kier molecular flexibility index (Phi) is 6.88. The van der Waals surface area contributed by atoms with Crippen molar-refractivity contribution in [2.45, 2.75) is 13.5 Å². The van der Waals surface area contributed by atoms with E-state index in [1.807, 2.05) is 24.5 Å². The number of nitrogens with two attached hydrogens (primary N) is 1. The summed E-state index contributed by atoms with van der Waals surface area (Å²) in [6.45, 7) is 2.05. The van der Waals surface area contributed by atoms with Gasteiger partial charge in [-0.25, -0.2) is 15.0 Å². The number of methoxy groups -OCH3 is 2. The fourth-order valence-corrected chi connectivity index (χ4v) is 3.02. The molecule has 8 nitrogen and oxygen atoms in total. The number of hydrogen-bond acceptors (Lipinski definition) is 6. The summed E-state index contributed by atoms with van der Waals surface area (Å²) in [5, 5.41) is 2.66. The molecule has 2 aromatic carbocycles. The van der Waals surface area contributed by atoms with Gasteiger partial charge >= 0.3 is 6.03 Å². The number of urea groups is 1. The van der Waals surface area contributed by atoms with Crippen molar-refractivity contribution in [2.24, 2.45) is 5.84 Å². The lowest BCUT2D eigenvalue weighted by molar-refractivity contribution is 0.252. The first-order valence-electron chi connectivity index (χ1n) is 9.34. The molecule has 1 aromatic heterocycles. The van der Waals surface area contributed by atoms with E-state index in [2.05, 4.69) is 10.3 Å². The van der Waals surface area contributed by atoms with Crippen molar-refractivity contribution in [3.05, 3.63) is 65.5 Å². The standard InChI is InChI=1S/C22H23FN4O4/c1-13-5-4-6-19(25-22(28)27-24)17(13)12-31-14-7-9-18(23)16(11-14)15-8-10-20(29-2)26-21(15)30-3/h4-11H,12,24H2,1-3H3,(H2,25,27,28). The number of halogens is 1. The van der Waals surface area contributed by atoms with E-state index in [1.54, 1.807) is 24.3 Å². The third kappa shape index (κ3) is 5.01. The SMILES string of the molecule is COc1ccc(-c2cc(OCc3c(C)cccc3NC(=O)NN)ccc2F)c(OC)n1. The second-order valence-electron chi connectivity index (χ2n) is 6.54. The number of hydrogen-bond donors (Lipinski definition) is 3. The minimum atomic E-state index is -0.546. The van der Waals surface area contributed by atoms with E-state index in [0.29, 0.717) is 22.9 Å². The van der Waals surface area contributed by atoms with Gasteiger partial charge in [0.25, 0.3) is 0 Å². The zero-order chi connectivity index (χ0) is 22.4. The zero-order valence-electron chi connectivity index (χ0n) is 17.4. The van der Waals surface area contributed by atoms with Gasteiger partial charge in [0.05, 0.1) is 14.2 Å². The molecular weight excluding hydrogens is 403 g/mol. The van der Waals surface area contributed by atoms with Crippen LogP contribution in [-0.4, -0.2) is 25.2 Å². The van der Waals surface area contributed by atoms with Crippen LogP contribution in [0.15, 0.2) is 48.5 Å². The van der Waals surface area contributed by atoms with E-state index < -0.39 is 11.8 Å². The van der Waals surface area contributed by atoms with Gasteiger partial charge in [0, 0.05) is 28.4 Å². The summed E-state index contributed by atoms with van der Waals surface area (Å²) in [7, 11) is 2.94. The van der Waals surface area contributed by atoms with Gasteiger partial charge in [-0.15, -0.1) is 0 Å². The molecule has 162 valence electrons. The maximum Gasteiger partial charge on any atom is 0.333 e. The molecule has 0 saturated carbocycles. The van der Waals surface area contributed by atoms with Crippen molar-refractivity contribution in [1.82, 2.24) is 10.4 Å². The summed E-state index contributed by atoms with van der Waals surface area (Å²) in [6.07, 6.45) is 0. The number of hydrazine groups is 1. The highest BCUT2D eigenvalue weighted by atomic mass is 19.1. The van der Waals surface area contributed by atoms with Crippen LogP contribution in [-0.2, 0) is 6.61 Å². The zero-order valence-corrected chi connectivity index (χ0v) is 17.4. The lowest BCUT2D eigenvalue weighted by Crippen LogP contribution is -2.34. The number of pyridine rings is 1. The summed E-state index contributed by atoms with van der Waals surface area (Å²) in [4.78, 5) is 15.8. The Balaban J connectivity index is 1.89. The third-order valence-corrected chi connectivity index (χ3v) is 4.64. The van der Waals surface area contributed by atoms with Crippen molar-refractivity contribution >= 4 is 11.7 Å². The molecule has 1 heterocycles. The molecule has 0 fully saturated rings. The lowest BCUT2D eigenvalue weighted by atomic mass is 10.1. The van der Waals surface area contributed by atoms with Crippen LogP contribution in [0, 0.1) is 12.7 Å². The Morgan fingerprint density at radius 3 is 2.61 bits per heavy atom. The number of aryl methyl sites for hydroxylation is 1. The first-order valence-corrected chi connectivity index (χ1v) is 9.34. The minimum Gasteiger partial charge on any atom is -0.489 e. The molecule has 0 aliphatic carbocycles. The molecule has 0 unspecified atom stereocenters. The van der Waals surface area contributed by atoms with Gasteiger partial charge in [0.2, 0.25) is 11.8 Å². The number of carbonyl (C=O) groups excluding carboxylic acids is 1. The van der Waals surface area contributed by atoms with Crippen molar-refractivity contribution < 1.29 is 23.4 Å². The second-order valence-corrected chi connectivity index (χ2v) is 6.54. The summed E-state index contributed by atoms with van der Waals surface area (Å²) in [5.74, 6) is 5.72. The van der Waals surface area contributed by atoms with E-state index in [-0.39, 0.29) is 18.1 Å². The van der Waals surface area contributed by atoms with Gasteiger partial charge in [0.15, 0.2) is 0 Å². The van der Waals surface area contributed by atoms with E-state index in [9.17, 15) is 9.18 Å². The summed E-state index contributed by atoms with van der Waals surface area (Å²) in [5.41, 5.74) is 5.00. The van der Waals surface area contributed by atoms with Gasteiger partial charge in [-0.1, -0.05) is 12.1 Å².